The Hall–Kier alpha value is -2.82. The zero-order valence-electron chi connectivity index (χ0n) is 12.6. The van der Waals surface area contributed by atoms with Gasteiger partial charge < -0.3 is 14.5 Å². The average Bonchev–Trinajstić information content (AvgIpc) is 2.99. The van der Waals surface area contributed by atoms with Gasteiger partial charge in [-0.1, -0.05) is 24.3 Å². The molecule has 1 aromatic heterocycles. The fourth-order valence-electron chi connectivity index (χ4n) is 2.34. The lowest BCUT2D eigenvalue weighted by Crippen LogP contribution is -2.04. The van der Waals surface area contributed by atoms with Crippen molar-refractivity contribution < 1.29 is 18.7 Å². The van der Waals surface area contributed by atoms with Crippen molar-refractivity contribution in [1.82, 2.24) is 4.98 Å². The van der Waals surface area contributed by atoms with E-state index in [2.05, 4.69) is 4.98 Å². The van der Waals surface area contributed by atoms with Gasteiger partial charge in [-0.2, -0.15) is 0 Å². The largest absolute Gasteiger partial charge is 0.488 e. The number of H-pyrrole nitrogens is 1. The van der Waals surface area contributed by atoms with E-state index in [1.807, 2.05) is 12.1 Å². The number of hydrogen-bond acceptors (Lipinski definition) is 3. The normalized spacial score (nSPS) is 10.7. The maximum absolute atomic E-state index is 13.7. The minimum atomic E-state index is -0.413. The highest BCUT2D eigenvalue weighted by molar-refractivity contribution is 5.97. The first-order valence-corrected chi connectivity index (χ1v) is 7.34. The van der Waals surface area contributed by atoms with Crippen LogP contribution in [0.1, 0.15) is 23.0 Å². The van der Waals surface area contributed by atoms with E-state index < -0.39 is 5.97 Å². The molecule has 4 nitrogen and oxygen atoms in total. The number of benzene rings is 2. The number of ether oxygens (including phenoxy) is 2. The SMILES string of the molecule is CCOC(=O)c1cc2c(OCc3ccccc3F)cccc2[nH]1. The standard InChI is InChI=1S/C18H16FNO3/c1-2-22-18(21)16-10-13-15(20-16)8-5-9-17(13)23-11-12-6-3-4-7-14(12)19/h3-10,20H,2,11H2,1H3. The molecule has 3 aromatic rings. The van der Waals surface area contributed by atoms with Crippen LogP contribution in [0.3, 0.4) is 0 Å². The number of nitrogens with one attached hydrogen (secondary N) is 1. The van der Waals surface area contributed by atoms with Gasteiger partial charge in [-0.3, -0.25) is 0 Å². The Labute approximate surface area is 132 Å². The van der Waals surface area contributed by atoms with Gasteiger partial charge in [0.2, 0.25) is 0 Å². The van der Waals surface area contributed by atoms with Crippen molar-refractivity contribution in [1.29, 1.82) is 0 Å². The van der Waals surface area contributed by atoms with Crippen LogP contribution in [0.2, 0.25) is 0 Å². The third kappa shape index (κ3) is 3.18. The van der Waals surface area contributed by atoms with E-state index in [1.54, 1.807) is 37.3 Å². The predicted octanol–water partition coefficient (Wildman–Crippen LogP) is 4.06. The molecule has 23 heavy (non-hydrogen) atoms. The fraction of sp³-hybridized carbons (Fsp3) is 0.167. The number of halogens is 1. The topological polar surface area (TPSA) is 51.3 Å². The molecular weight excluding hydrogens is 297 g/mol. The second-order valence-electron chi connectivity index (χ2n) is 5.00. The molecule has 0 atom stereocenters. The van der Waals surface area contributed by atoms with Crippen LogP contribution in [0.15, 0.2) is 48.5 Å². The van der Waals surface area contributed by atoms with Crippen LogP contribution in [-0.2, 0) is 11.3 Å². The first-order valence-electron chi connectivity index (χ1n) is 7.34. The number of rotatable bonds is 5. The van der Waals surface area contributed by atoms with Crippen LogP contribution in [0.25, 0.3) is 10.9 Å². The van der Waals surface area contributed by atoms with Crippen LogP contribution in [0, 0.1) is 5.82 Å². The Bertz CT molecular complexity index is 841. The number of aromatic nitrogens is 1. The highest BCUT2D eigenvalue weighted by atomic mass is 19.1. The lowest BCUT2D eigenvalue weighted by molar-refractivity contribution is 0.0520. The van der Waals surface area contributed by atoms with E-state index in [4.69, 9.17) is 9.47 Å². The molecule has 118 valence electrons. The highest BCUT2D eigenvalue weighted by Gasteiger charge is 2.13. The number of hydrogen-bond donors (Lipinski definition) is 1. The minimum Gasteiger partial charge on any atom is -0.488 e. The second-order valence-corrected chi connectivity index (χ2v) is 5.00. The zero-order valence-corrected chi connectivity index (χ0v) is 12.6. The molecule has 0 aliphatic carbocycles. The van der Waals surface area contributed by atoms with E-state index in [9.17, 15) is 9.18 Å². The summed E-state index contributed by atoms with van der Waals surface area (Å²) in [5, 5.41) is 0.756. The summed E-state index contributed by atoms with van der Waals surface area (Å²) < 4.78 is 24.4. The zero-order chi connectivity index (χ0) is 16.2. The third-order valence-electron chi connectivity index (χ3n) is 3.46. The monoisotopic (exact) mass is 313 g/mol. The summed E-state index contributed by atoms with van der Waals surface area (Å²) in [5.74, 6) is -0.137. The lowest BCUT2D eigenvalue weighted by Gasteiger charge is -2.08. The van der Waals surface area contributed by atoms with Gasteiger partial charge in [0.25, 0.3) is 0 Å². The van der Waals surface area contributed by atoms with Crippen molar-refractivity contribution in [2.45, 2.75) is 13.5 Å². The number of fused-ring (bicyclic) bond motifs is 1. The van der Waals surface area contributed by atoms with Gasteiger partial charge in [0.15, 0.2) is 0 Å². The second kappa shape index (κ2) is 6.52. The van der Waals surface area contributed by atoms with Crippen molar-refractivity contribution in [3.8, 4) is 5.75 Å². The van der Waals surface area contributed by atoms with E-state index in [0.717, 1.165) is 10.9 Å². The molecular formula is C18H16FNO3. The first-order chi connectivity index (χ1) is 11.2. The van der Waals surface area contributed by atoms with E-state index in [-0.39, 0.29) is 12.4 Å². The average molecular weight is 313 g/mol. The first kappa shape index (κ1) is 15.1. The quantitative estimate of drug-likeness (QED) is 0.723. The number of aromatic amines is 1. The summed E-state index contributed by atoms with van der Waals surface area (Å²) in [6.07, 6.45) is 0. The Kier molecular flexibility index (Phi) is 4.28. The molecule has 0 amide bonds. The van der Waals surface area contributed by atoms with Crippen LogP contribution in [0.4, 0.5) is 4.39 Å². The van der Waals surface area contributed by atoms with Crippen molar-refractivity contribution in [3.63, 3.8) is 0 Å². The Morgan fingerprint density at radius 3 is 2.78 bits per heavy atom. The summed E-state index contributed by atoms with van der Waals surface area (Å²) in [6, 6.07) is 13.6. The minimum absolute atomic E-state index is 0.117. The van der Waals surface area contributed by atoms with Crippen molar-refractivity contribution in [3.05, 3.63) is 65.6 Å². The fourth-order valence-corrected chi connectivity index (χ4v) is 2.34. The highest BCUT2D eigenvalue weighted by Crippen LogP contribution is 2.27. The number of carbonyl (C=O) groups is 1. The van der Waals surface area contributed by atoms with Gasteiger partial charge in [0.05, 0.1) is 6.61 Å². The van der Waals surface area contributed by atoms with E-state index >= 15 is 0 Å². The van der Waals surface area contributed by atoms with Gasteiger partial charge in [-0.15, -0.1) is 0 Å². The molecule has 0 unspecified atom stereocenters. The van der Waals surface area contributed by atoms with Gasteiger partial charge in [0.1, 0.15) is 23.9 Å². The van der Waals surface area contributed by atoms with E-state index in [0.29, 0.717) is 23.6 Å². The molecule has 1 heterocycles. The van der Waals surface area contributed by atoms with Crippen LogP contribution in [0.5, 0.6) is 5.75 Å². The van der Waals surface area contributed by atoms with Gasteiger partial charge in [-0.05, 0) is 31.2 Å². The maximum atomic E-state index is 13.7. The molecule has 0 aliphatic heterocycles. The van der Waals surface area contributed by atoms with E-state index in [1.165, 1.54) is 6.07 Å². The van der Waals surface area contributed by atoms with Crippen LogP contribution >= 0.6 is 0 Å². The molecule has 0 fully saturated rings. The predicted molar refractivity (Wildman–Crippen MR) is 85.0 cm³/mol. The molecule has 0 radical (unpaired) electrons. The third-order valence-corrected chi connectivity index (χ3v) is 3.46. The Morgan fingerprint density at radius 1 is 1.17 bits per heavy atom. The van der Waals surface area contributed by atoms with Gasteiger partial charge in [0, 0.05) is 16.5 Å². The number of esters is 1. The van der Waals surface area contributed by atoms with Crippen LogP contribution in [-0.4, -0.2) is 17.6 Å². The molecule has 5 heteroatoms. The molecule has 0 saturated heterocycles. The molecule has 0 aliphatic rings. The lowest BCUT2D eigenvalue weighted by atomic mass is 10.2. The maximum Gasteiger partial charge on any atom is 0.354 e. The number of carbonyl (C=O) groups excluding carboxylic acids is 1. The van der Waals surface area contributed by atoms with Gasteiger partial charge >= 0.3 is 5.97 Å². The molecule has 0 saturated carbocycles. The molecule has 3 rings (SSSR count). The van der Waals surface area contributed by atoms with Crippen molar-refractivity contribution in [2.24, 2.45) is 0 Å². The summed E-state index contributed by atoms with van der Waals surface area (Å²) in [7, 11) is 0. The smallest absolute Gasteiger partial charge is 0.354 e. The van der Waals surface area contributed by atoms with Gasteiger partial charge in [-0.25, -0.2) is 9.18 Å². The summed E-state index contributed by atoms with van der Waals surface area (Å²) >= 11 is 0. The molecule has 0 spiro atoms. The Morgan fingerprint density at radius 2 is 2.00 bits per heavy atom. The van der Waals surface area contributed by atoms with Crippen LogP contribution < -0.4 is 4.74 Å². The molecule has 0 bridgehead atoms. The van der Waals surface area contributed by atoms with Crippen molar-refractivity contribution in [2.75, 3.05) is 6.61 Å². The summed E-state index contributed by atoms with van der Waals surface area (Å²) in [5.41, 5.74) is 1.61. The molecule has 1 N–H and O–H groups in total. The summed E-state index contributed by atoms with van der Waals surface area (Å²) in [4.78, 5) is 14.8. The summed E-state index contributed by atoms with van der Waals surface area (Å²) in [6.45, 7) is 2.18. The van der Waals surface area contributed by atoms with Crippen molar-refractivity contribution >= 4 is 16.9 Å². The molecule has 2 aromatic carbocycles. The Balaban J connectivity index is 1.86.